The van der Waals surface area contributed by atoms with Gasteiger partial charge in [0.1, 0.15) is 0 Å². The normalized spacial score (nSPS) is 10.0. The molecule has 0 bridgehead atoms. The predicted octanol–water partition coefficient (Wildman–Crippen LogP) is -1.17. The molecule has 0 saturated heterocycles. The number of rotatable bonds is 5. The molecule has 2 aromatic rings. The second-order valence-electron chi connectivity index (χ2n) is 3.91. The van der Waals surface area contributed by atoms with Crippen molar-refractivity contribution in [3.63, 3.8) is 0 Å². The first-order chi connectivity index (χ1) is 9.65. The summed E-state index contributed by atoms with van der Waals surface area (Å²) in [6.45, 7) is 0.00807. The first-order valence-corrected chi connectivity index (χ1v) is 5.78. The summed E-state index contributed by atoms with van der Waals surface area (Å²) in [5.74, 6) is -0.332. The molecule has 0 radical (unpaired) electrons. The third-order valence-electron chi connectivity index (χ3n) is 2.42. The average Bonchev–Trinajstić information content (AvgIpc) is 2.96. The molecule has 2 amide bonds. The highest BCUT2D eigenvalue weighted by Crippen LogP contribution is 2.04. The summed E-state index contributed by atoms with van der Waals surface area (Å²) < 4.78 is 0. The zero-order valence-corrected chi connectivity index (χ0v) is 10.5. The minimum absolute atomic E-state index is 0.138. The van der Waals surface area contributed by atoms with Crippen molar-refractivity contribution in [1.82, 2.24) is 31.3 Å². The highest BCUT2D eigenvalue weighted by Gasteiger charge is 2.08. The van der Waals surface area contributed by atoms with E-state index in [0.717, 1.165) is 0 Å². The Morgan fingerprint density at radius 1 is 1.20 bits per heavy atom. The Balaban J connectivity index is 1.75. The summed E-state index contributed by atoms with van der Waals surface area (Å²) in [5.41, 5.74) is 6.52. The number of anilines is 1. The lowest BCUT2D eigenvalue weighted by molar-refractivity contribution is -0.120. The molecule has 0 unspecified atom stereocenters. The summed E-state index contributed by atoms with van der Waals surface area (Å²) in [7, 11) is 0. The van der Waals surface area contributed by atoms with Gasteiger partial charge in [-0.15, -0.1) is 10.2 Å². The monoisotopic (exact) mass is 275 g/mol. The van der Waals surface area contributed by atoms with Crippen molar-refractivity contribution in [2.45, 2.75) is 6.54 Å². The molecule has 1 aromatic carbocycles. The largest absolute Gasteiger partial charge is 0.399 e. The van der Waals surface area contributed by atoms with Crippen molar-refractivity contribution < 1.29 is 9.59 Å². The van der Waals surface area contributed by atoms with Crippen LogP contribution in [0.25, 0.3) is 0 Å². The number of nitrogens with two attached hydrogens (primary N) is 1. The summed E-state index contributed by atoms with van der Waals surface area (Å²) >= 11 is 0. The van der Waals surface area contributed by atoms with Crippen LogP contribution in [0.5, 0.6) is 0 Å². The molecule has 1 aromatic heterocycles. The number of amides is 2. The molecule has 0 aliphatic heterocycles. The number of benzene rings is 1. The van der Waals surface area contributed by atoms with E-state index in [1.165, 1.54) is 0 Å². The fourth-order valence-electron chi connectivity index (χ4n) is 1.39. The topological polar surface area (TPSA) is 139 Å². The van der Waals surface area contributed by atoms with Crippen LogP contribution in [0.3, 0.4) is 0 Å². The number of carbonyl (C=O) groups is 2. The first-order valence-electron chi connectivity index (χ1n) is 5.78. The molecule has 0 spiro atoms. The molecule has 0 saturated carbocycles. The summed E-state index contributed by atoms with van der Waals surface area (Å²) in [4.78, 5) is 23.2. The number of aromatic amines is 1. The van der Waals surface area contributed by atoms with Gasteiger partial charge in [0.15, 0.2) is 5.82 Å². The van der Waals surface area contributed by atoms with Gasteiger partial charge in [-0.05, 0) is 24.3 Å². The molecule has 9 nitrogen and oxygen atoms in total. The number of hydrogen-bond donors (Lipinski definition) is 4. The summed E-state index contributed by atoms with van der Waals surface area (Å²) in [5, 5.41) is 18.0. The maximum Gasteiger partial charge on any atom is 0.251 e. The van der Waals surface area contributed by atoms with Crippen LogP contribution in [0.1, 0.15) is 16.2 Å². The molecule has 0 aliphatic carbocycles. The maximum absolute atomic E-state index is 11.7. The van der Waals surface area contributed by atoms with Gasteiger partial charge in [0.05, 0.1) is 13.1 Å². The Hall–Kier alpha value is -2.97. The average molecular weight is 275 g/mol. The zero-order valence-electron chi connectivity index (χ0n) is 10.5. The number of nitrogens with one attached hydrogen (secondary N) is 3. The van der Waals surface area contributed by atoms with E-state index in [0.29, 0.717) is 17.1 Å². The van der Waals surface area contributed by atoms with Gasteiger partial charge in [0, 0.05) is 11.3 Å². The van der Waals surface area contributed by atoms with Crippen LogP contribution in [0.15, 0.2) is 24.3 Å². The summed E-state index contributed by atoms with van der Waals surface area (Å²) in [6.07, 6.45) is 0. The molecule has 2 rings (SSSR count). The van der Waals surface area contributed by atoms with E-state index in [2.05, 4.69) is 31.3 Å². The van der Waals surface area contributed by atoms with Crippen molar-refractivity contribution in [3.05, 3.63) is 35.7 Å². The molecule has 0 fully saturated rings. The molecule has 20 heavy (non-hydrogen) atoms. The lowest BCUT2D eigenvalue weighted by atomic mass is 10.2. The Bertz CT molecular complexity index is 579. The van der Waals surface area contributed by atoms with Gasteiger partial charge >= 0.3 is 0 Å². The van der Waals surface area contributed by atoms with Crippen LogP contribution in [0, 0.1) is 0 Å². The molecule has 0 atom stereocenters. The van der Waals surface area contributed by atoms with Gasteiger partial charge < -0.3 is 16.4 Å². The SMILES string of the molecule is Nc1ccc(C(=O)NCC(=O)NCc2nn[nH]n2)cc1. The number of hydrogen-bond acceptors (Lipinski definition) is 6. The second-order valence-corrected chi connectivity index (χ2v) is 3.91. The Kier molecular flexibility index (Phi) is 4.22. The highest BCUT2D eigenvalue weighted by atomic mass is 16.2. The van der Waals surface area contributed by atoms with Gasteiger partial charge in [0.2, 0.25) is 5.91 Å². The van der Waals surface area contributed by atoms with E-state index >= 15 is 0 Å². The molecular weight excluding hydrogens is 262 g/mol. The van der Waals surface area contributed by atoms with Gasteiger partial charge in [-0.1, -0.05) is 5.21 Å². The minimum atomic E-state index is -0.349. The number of H-pyrrole nitrogens is 1. The zero-order chi connectivity index (χ0) is 14.4. The predicted molar refractivity (Wildman–Crippen MR) is 69.2 cm³/mol. The van der Waals surface area contributed by atoms with Gasteiger partial charge in [0.25, 0.3) is 5.91 Å². The number of carbonyl (C=O) groups excluding carboxylic acids is 2. The Morgan fingerprint density at radius 2 is 1.95 bits per heavy atom. The van der Waals surface area contributed by atoms with Crippen LogP contribution in [-0.2, 0) is 11.3 Å². The van der Waals surface area contributed by atoms with Crippen LogP contribution < -0.4 is 16.4 Å². The van der Waals surface area contributed by atoms with E-state index in [1.807, 2.05) is 0 Å². The number of tetrazole rings is 1. The fourth-order valence-corrected chi connectivity index (χ4v) is 1.39. The third-order valence-corrected chi connectivity index (χ3v) is 2.42. The quantitative estimate of drug-likeness (QED) is 0.507. The molecule has 5 N–H and O–H groups in total. The Labute approximate surface area is 113 Å². The molecule has 1 heterocycles. The van der Waals surface area contributed by atoms with Crippen molar-refractivity contribution in [3.8, 4) is 0 Å². The minimum Gasteiger partial charge on any atom is -0.399 e. The fraction of sp³-hybridized carbons (Fsp3) is 0.182. The smallest absolute Gasteiger partial charge is 0.251 e. The van der Waals surface area contributed by atoms with E-state index in [4.69, 9.17) is 5.73 Å². The molecule has 9 heteroatoms. The van der Waals surface area contributed by atoms with E-state index in [9.17, 15) is 9.59 Å². The third kappa shape index (κ3) is 3.77. The lowest BCUT2D eigenvalue weighted by Gasteiger charge is -2.05. The van der Waals surface area contributed by atoms with Crippen LogP contribution in [-0.4, -0.2) is 39.0 Å². The van der Waals surface area contributed by atoms with Gasteiger partial charge in [-0.3, -0.25) is 9.59 Å². The second kappa shape index (κ2) is 6.27. The maximum atomic E-state index is 11.7. The van der Waals surface area contributed by atoms with E-state index < -0.39 is 0 Å². The van der Waals surface area contributed by atoms with Crippen LogP contribution in [0.2, 0.25) is 0 Å². The lowest BCUT2D eigenvalue weighted by Crippen LogP contribution is -2.36. The summed E-state index contributed by atoms with van der Waals surface area (Å²) in [6, 6.07) is 6.40. The number of nitrogens with zero attached hydrogens (tertiary/aromatic N) is 3. The highest BCUT2D eigenvalue weighted by molar-refractivity contribution is 5.96. The first kappa shape index (κ1) is 13.5. The standard InChI is InChI=1S/C11H13N7O2/c12-8-3-1-7(2-4-8)11(20)14-6-10(19)13-5-9-15-17-18-16-9/h1-4H,5-6,12H2,(H,13,19)(H,14,20)(H,15,16,17,18). The van der Waals surface area contributed by atoms with E-state index in [-0.39, 0.29) is 24.9 Å². The van der Waals surface area contributed by atoms with Crippen molar-refractivity contribution >= 4 is 17.5 Å². The number of aromatic nitrogens is 4. The van der Waals surface area contributed by atoms with Gasteiger partial charge in [-0.2, -0.15) is 5.21 Å². The number of nitrogen functional groups attached to an aromatic ring is 1. The van der Waals surface area contributed by atoms with E-state index in [1.54, 1.807) is 24.3 Å². The van der Waals surface area contributed by atoms with Gasteiger partial charge in [-0.25, -0.2) is 0 Å². The Morgan fingerprint density at radius 3 is 2.60 bits per heavy atom. The van der Waals surface area contributed by atoms with Crippen molar-refractivity contribution in [1.29, 1.82) is 0 Å². The van der Waals surface area contributed by atoms with Crippen LogP contribution >= 0.6 is 0 Å². The molecule has 104 valence electrons. The molecule has 0 aliphatic rings. The van der Waals surface area contributed by atoms with Crippen molar-refractivity contribution in [2.24, 2.45) is 0 Å². The molecular formula is C11H13N7O2. The van der Waals surface area contributed by atoms with Crippen LogP contribution in [0.4, 0.5) is 5.69 Å². The van der Waals surface area contributed by atoms with Crippen molar-refractivity contribution in [2.75, 3.05) is 12.3 Å².